The molecule has 3 heterocycles. The third kappa shape index (κ3) is 6.82. The van der Waals surface area contributed by atoms with Crippen LogP contribution < -0.4 is 14.8 Å². The average molecular weight is 592 g/mol. The van der Waals surface area contributed by atoms with Crippen LogP contribution in [0.4, 0.5) is 0 Å². The molecule has 1 saturated heterocycles. The molecule has 3 aliphatic heterocycles. The van der Waals surface area contributed by atoms with E-state index in [1.807, 2.05) is 79.6 Å². The molecule has 0 radical (unpaired) electrons. The van der Waals surface area contributed by atoms with Gasteiger partial charge in [0.1, 0.15) is 6.61 Å². The number of nitrogens with zero attached hydrogens (tertiary/aromatic N) is 2. The van der Waals surface area contributed by atoms with Gasteiger partial charge in [-0.1, -0.05) is 48.2 Å². The van der Waals surface area contributed by atoms with E-state index >= 15 is 0 Å². The lowest BCUT2D eigenvalue weighted by atomic mass is 9.93. The number of esters is 1. The summed E-state index contributed by atoms with van der Waals surface area (Å²) in [6, 6.07) is 15.0. The topological polar surface area (TPSA) is 98.7 Å². The number of amides is 1. The summed E-state index contributed by atoms with van der Waals surface area (Å²) in [6.45, 7) is 7.05. The number of hydrogen-bond donors (Lipinski definition) is 1. The molecule has 10 heteroatoms. The lowest BCUT2D eigenvalue weighted by molar-refractivity contribution is -0.143. The van der Waals surface area contributed by atoms with Crippen LogP contribution in [0.1, 0.15) is 57.2 Å². The van der Waals surface area contributed by atoms with Crippen molar-refractivity contribution in [2.45, 2.75) is 64.9 Å². The first-order chi connectivity index (χ1) is 20.3. The summed E-state index contributed by atoms with van der Waals surface area (Å²) in [6.07, 6.45) is 1.84. The molecule has 3 aliphatic rings. The molecule has 9 nitrogen and oxygen atoms in total. The first kappa shape index (κ1) is 29.7. The van der Waals surface area contributed by atoms with Crippen molar-refractivity contribution in [2.24, 2.45) is 4.99 Å². The number of methoxy groups -OCH3 is 1. The van der Waals surface area contributed by atoms with Crippen LogP contribution in [0.15, 0.2) is 75.9 Å². The SMILES string of the molecule is COc1cc([C@@H]2C(C(=O)OC(C)C)=C(C)N=C3SC=C(CC(=O)NC[C@@H]4CCCO4)N32)ccc1OCc1ccccc1. The van der Waals surface area contributed by atoms with E-state index in [0.717, 1.165) is 36.3 Å². The number of aliphatic imine (C=N–C) groups is 1. The molecule has 1 amide bonds. The molecule has 2 atom stereocenters. The minimum atomic E-state index is -0.576. The van der Waals surface area contributed by atoms with Gasteiger partial charge in [-0.3, -0.25) is 4.79 Å². The molecule has 2 aromatic carbocycles. The van der Waals surface area contributed by atoms with E-state index in [2.05, 4.69) is 5.32 Å². The Morgan fingerprint density at radius 1 is 1.17 bits per heavy atom. The number of benzene rings is 2. The molecule has 42 heavy (non-hydrogen) atoms. The van der Waals surface area contributed by atoms with Gasteiger partial charge >= 0.3 is 5.97 Å². The minimum absolute atomic E-state index is 0.0545. The normalized spacial score (nSPS) is 19.8. The molecule has 1 N–H and O–H groups in total. The third-order valence-corrected chi connectivity index (χ3v) is 8.09. The van der Waals surface area contributed by atoms with Crippen molar-refractivity contribution in [1.82, 2.24) is 10.2 Å². The summed E-state index contributed by atoms with van der Waals surface area (Å²) in [5.74, 6) is 0.560. The predicted molar refractivity (Wildman–Crippen MR) is 162 cm³/mol. The Labute approximate surface area is 250 Å². The average Bonchev–Trinajstić information content (AvgIpc) is 3.64. The van der Waals surface area contributed by atoms with Crippen LogP contribution in [0.5, 0.6) is 11.5 Å². The summed E-state index contributed by atoms with van der Waals surface area (Å²) in [5.41, 5.74) is 3.57. The van der Waals surface area contributed by atoms with Crippen LogP contribution in [0.3, 0.4) is 0 Å². The van der Waals surface area contributed by atoms with Gasteiger partial charge < -0.3 is 29.2 Å². The van der Waals surface area contributed by atoms with Crippen LogP contribution in [0.25, 0.3) is 0 Å². The van der Waals surface area contributed by atoms with Gasteiger partial charge in [0.05, 0.1) is 43.1 Å². The Morgan fingerprint density at radius 3 is 2.69 bits per heavy atom. The van der Waals surface area contributed by atoms with Crippen molar-refractivity contribution in [3.8, 4) is 11.5 Å². The van der Waals surface area contributed by atoms with E-state index in [1.165, 1.54) is 11.8 Å². The lowest BCUT2D eigenvalue weighted by Gasteiger charge is -2.36. The highest BCUT2D eigenvalue weighted by Gasteiger charge is 2.41. The third-order valence-electron chi connectivity index (χ3n) is 7.20. The molecular weight excluding hydrogens is 554 g/mol. The van der Waals surface area contributed by atoms with Gasteiger partial charge in [0.2, 0.25) is 5.91 Å². The molecule has 2 aromatic rings. The van der Waals surface area contributed by atoms with Crippen molar-refractivity contribution in [1.29, 1.82) is 0 Å². The second kappa shape index (κ2) is 13.5. The molecule has 222 valence electrons. The van der Waals surface area contributed by atoms with Gasteiger partial charge in [-0.15, -0.1) is 0 Å². The first-order valence-electron chi connectivity index (χ1n) is 14.2. The van der Waals surface area contributed by atoms with Crippen molar-refractivity contribution < 1.29 is 28.5 Å². The maximum Gasteiger partial charge on any atom is 0.338 e. The zero-order valence-electron chi connectivity index (χ0n) is 24.4. The Morgan fingerprint density at radius 2 is 1.98 bits per heavy atom. The number of amidine groups is 1. The zero-order valence-corrected chi connectivity index (χ0v) is 25.2. The smallest absolute Gasteiger partial charge is 0.338 e. The van der Waals surface area contributed by atoms with E-state index in [9.17, 15) is 9.59 Å². The number of rotatable bonds is 11. The molecule has 1 fully saturated rings. The summed E-state index contributed by atoms with van der Waals surface area (Å²) in [4.78, 5) is 33.2. The van der Waals surface area contributed by atoms with Gasteiger partial charge in [0.25, 0.3) is 0 Å². The second-order valence-electron chi connectivity index (χ2n) is 10.6. The Bertz CT molecular complexity index is 1400. The van der Waals surface area contributed by atoms with Crippen LogP contribution in [0.2, 0.25) is 0 Å². The number of carbonyl (C=O) groups is 2. The van der Waals surface area contributed by atoms with Crippen LogP contribution in [-0.2, 0) is 25.7 Å². The summed E-state index contributed by atoms with van der Waals surface area (Å²) >= 11 is 1.44. The zero-order chi connectivity index (χ0) is 29.6. The Hall–Kier alpha value is -3.76. The monoisotopic (exact) mass is 591 g/mol. The first-order valence-corrected chi connectivity index (χ1v) is 15.1. The van der Waals surface area contributed by atoms with Gasteiger partial charge in [-0.2, -0.15) is 0 Å². The molecule has 0 aromatic heterocycles. The number of allylic oxidation sites excluding steroid dienone is 1. The lowest BCUT2D eigenvalue weighted by Crippen LogP contribution is -2.39. The van der Waals surface area contributed by atoms with E-state index < -0.39 is 12.0 Å². The summed E-state index contributed by atoms with van der Waals surface area (Å²) in [5, 5.41) is 5.63. The number of nitrogens with one attached hydrogen (secondary N) is 1. The fourth-order valence-electron chi connectivity index (χ4n) is 5.19. The second-order valence-corrected chi connectivity index (χ2v) is 11.5. The molecule has 0 saturated carbocycles. The molecule has 5 rings (SSSR count). The largest absolute Gasteiger partial charge is 0.493 e. The van der Waals surface area contributed by atoms with E-state index in [4.69, 9.17) is 23.9 Å². The maximum atomic E-state index is 13.5. The predicted octanol–water partition coefficient (Wildman–Crippen LogP) is 5.49. The minimum Gasteiger partial charge on any atom is -0.493 e. The molecule has 0 aliphatic carbocycles. The van der Waals surface area contributed by atoms with Crippen LogP contribution in [-0.4, -0.2) is 54.4 Å². The quantitative estimate of drug-likeness (QED) is 0.343. The number of hydrogen-bond acceptors (Lipinski definition) is 9. The summed E-state index contributed by atoms with van der Waals surface area (Å²) < 4.78 is 23.1. The highest BCUT2D eigenvalue weighted by molar-refractivity contribution is 8.16. The highest BCUT2D eigenvalue weighted by Crippen LogP contribution is 2.46. The fraction of sp³-hybridized carbons (Fsp3) is 0.406. The van der Waals surface area contributed by atoms with Crippen LogP contribution in [0, 0.1) is 0 Å². The highest BCUT2D eigenvalue weighted by atomic mass is 32.2. The van der Waals surface area contributed by atoms with E-state index in [-0.39, 0.29) is 24.5 Å². The molecule has 0 unspecified atom stereocenters. The van der Waals surface area contributed by atoms with Crippen molar-refractivity contribution in [3.05, 3.63) is 82.0 Å². The Balaban J connectivity index is 1.43. The van der Waals surface area contributed by atoms with Gasteiger partial charge in [0, 0.05) is 18.8 Å². The standard InChI is InChI=1S/C32H37N3O6S/c1-20(2)41-31(37)29-21(3)34-32-35(24(19-42-32)16-28(36)33-17-25-11-8-14-39-25)30(29)23-12-13-26(27(15-23)38-4)40-18-22-9-6-5-7-10-22/h5-7,9-10,12-13,15,19-20,25,30H,8,11,14,16-18H2,1-4H3,(H,33,36)/t25-,30+/m0/s1. The number of thioether (sulfide) groups is 1. The van der Waals surface area contributed by atoms with Crippen molar-refractivity contribution >= 4 is 28.8 Å². The van der Waals surface area contributed by atoms with Gasteiger partial charge in [0.15, 0.2) is 16.7 Å². The fourth-order valence-corrected chi connectivity index (χ4v) is 6.16. The number of carbonyl (C=O) groups excluding carboxylic acids is 2. The van der Waals surface area contributed by atoms with Crippen molar-refractivity contribution in [3.63, 3.8) is 0 Å². The summed E-state index contributed by atoms with van der Waals surface area (Å²) in [7, 11) is 1.59. The number of fused-ring (bicyclic) bond motifs is 1. The van der Waals surface area contributed by atoms with E-state index in [0.29, 0.717) is 41.1 Å². The molecular formula is C32H37N3O6S. The maximum absolute atomic E-state index is 13.5. The number of ether oxygens (including phenoxy) is 4. The van der Waals surface area contributed by atoms with Gasteiger partial charge in [-0.25, -0.2) is 9.79 Å². The molecule has 0 bridgehead atoms. The van der Waals surface area contributed by atoms with Gasteiger partial charge in [-0.05, 0) is 62.3 Å². The van der Waals surface area contributed by atoms with Crippen molar-refractivity contribution in [2.75, 3.05) is 20.3 Å². The van der Waals surface area contributed by atoms with Crippen LogP contribution >= 0.6 is 11.8 Å². The molecule has 0 spiro atoms. The van der Waals surface area contributed by atoms with E-state index in [1.54, 1.807) is 7.11 Å². The Kier molecular flexibility index (Phi) is 9.54.